The molecule has 2 N–H and O–H groups in total. The highest BCUT2D eigenvalue weighted by atomic mass is 16.6. The van der Waals surface area contributed by atoms with E-state index in [-0.39, 0.29) is 6.67 Å². The van der Waals surface area contributed by atoms with Crippen molar-refractivity contribution < 1.29 is 19.4 Å². The monoisotopic (exact) mass is 244 g/mol. The van der Waals surface area contributed by atoms with Crippen molar-refractivity contribution in [1.29, 1.82) is 0 Å². The quantitative estimate of drug-likeness (QED) is 0.774. The number of carboxylic acid groups (broad SMARTS) is 1. The van der Waals surface area contributed by atoms with E-state index in [4.69, 9.17) is 9.84 Å². The predicted molar refractivity (Wildman–Crippen MR) is 61.6 cm³/mol. The molecule has 1 atom stereocenters. The van der Waals surface area contributed by atoms with Crippen LogP contribution in [0.15, 0.2) is 0 Å². The number of rotatable bonds is 3. The van der Waals surface area contributed by atoms with E-state index in [1.54, 1.807) is 25.7 Å². The predicted octanol–water partition coefficient (Wildman–Crippen LogP) is 1.02. The third kappa shape index (κ3) is 4.60. The van der Waals surface area contributed by atoms with Crippen molar-refractivity contribution in [3.8, 4) is 0 Å². The number of nitrogens with one attached hydrogen (secondary N) is 1. The van der Waals surface area contributed by atoms with Crippen LogP contribution in [0, 0.1) is 0 Å². The van der Waals surface area contributed by atoms with Gasteiger partial charge in [0.2, 0.25) is 0 Å². The van der Waals surface area contributed by atoms with Gasteiger partial charge in [-0.25, -0.2) is 4.79 Å². The summed E-state index contributed by atoms with van der Waals surface area (Å²) in [5, 5.41) is 11.5. The highest BCUT2D eigenvalue weighted by Crippen LogP contribution is 2.16. The van der Waals surface area contributed by atoms with E-state index in [1.807, 2.05) is 0 Å². The van der Waals surface area contributed by atoms with E-state index in [1.165, 1.54) is 0 Å². The normalized spacial score (nSPS) is 21.2. The lowest BCUT2D eigenvalue weighted by molar-refractivity contribution is -0.142. The second-order valence-electron chi connectivity index (χ2n) is 5.15. The minimum absolute atomic E-state index is 0.214. The molecule has 0 aromatic rings. The number of hydrogen-bond donors (Lipinski definition) is 2. The Balaban J connectivity index is 2.35. The van der Waals surface area contributed by atoms with Gasteiger partial charge in [0.25, 0.3) is 0 Å². The molecule has 6 nitrogen and oxygen atoms in total. The Bertz CT molecular complexity index is 298. The molecular formula is C11H20N2O4. The molecule has 0 saturated carbocycles. The van der Waals surface area contributed by atoms with Crippen molar-refractivity contribution in [1.82, 2.24) is 10.2 Å². The molecule has 1 aliphatic rings. The van der Waals surface area contributed by atoms with Crippen molar-refractivity contribution in [2.75, 3.05) is 13.2 Å². The first-order chi connectivity index (χ1) is 7.79. The number of carboxylic acids is 1. The van der Waals surface area contributed by atoms with Crippen LogP contribution in [-0.4, -0.2) is 46.9 Å². The SMILES string of the molecule is CC(C)(C)OC(=O)NCN1CCC[C@H]1C(=O)O. The highest BCUT2D eigenvalue weighted by molar-refractivity contribution is 5.74. The lowest BCUT2D eigenvalue weighted by Gasteiger charge is -2.23. The molecule has 1 rings (SSSR count). The maximum Gasteiger partial charge on any atom is 0.408 e. The zero-order valence-corrected chi connectivity index (χ0v) is 10.5. The van der Waals surface area contributed by atoms with E-state index in [0.717, 1.165) is 6.42 Å². The van der Waals surface area contributed by atoms with Gasteiger partial charge in [0.1, 0.15) is 11.6 Å². The molecule has 1 aliphatic heterocycles. The van der Waals surface area contributed by atoms with Crippen LogP contribution in [0.1, 0.15) is 33.6 Å². The molecule has 0 radical (unpaired) electrons. The number of aliphatic carboxylic acids is 1. The molecule has 0 aliphatic carbocycles. The Morgan fingerprint density at radius 1 is 1.47 bits per heavy atom. The molecule has 6 heteroatoms. The zero-order chi connectivity index (χ0) is 13.1. The molecule has 1 fully saturated rings. The minimum atomic E-state index is -0.839. The summed E-state index contributed by atoms with van der Waals surface area (Å²) in [6.45, 7) is 6.24. The van der Waals surface area contributed by atoms with E-state index < -0.39 is 23.7 Å². The first-order valence-corrected chi connectivity index (χ1v) is 5.73. The van der Waals surface area contributed by atoms with E-state index in [2.05, 4.69) is 5.32 Å². The Morgan fingerprint density at radius 3 is 2.65 bits per heavy atom. The van der Waals surface area contributed by atoms with Gasteiger partial charge < -0.3 is 15.2 Å². The van der Waals surface area contributed by atoms with Crippen molar-refractivity contribution in [3.63, 3.8) is 0 Å². The van der Waals surface area contributed by atoms with Gasteiger partial charge in [-0.3, -0.25) is 9.69 Å². The number of nitrogens with zero attached hydrogens (tertiary/aromatic N) is 1. The maximum atomic E-state index is 11.4. The number of likely N-dealkylation sites (tertiary alicyclic amines) is 1. The van der Waals surface area contributed by atoms with Gasteiger partial charge in [0.05, 0.1) is 6.67 Å². The number of amides is 1. The largest absolute Gasteiger partial charge is 0.480 e. The van der Waals surface area contributed by atoms with Crippen molar-refractivity contribution in [3.05, 3.63) is 0 Å². The van der Waals surface area contributed by atoms with E-state index in [9.17, 15) is 9.59 Å². The van der Waals surface area contributed by atoms with Crippen molar-refractivity contribution >= 4 is 12.1 Å². The van der Waals surface area contributed by atoms with Gasteiger partial charge in [0, 0.05) is 6.54 Å². The summed E-state index contributed by atoms with van der Waals surface area (Å²) in [4.78, 5) is 24.0. The van der Waals surface area contributed by atoms with E-state index in [0.29, 0.717) is 13.0 Å². The van der Waals surface area contributed by atoms with Gasteiger partial charge in [-0.05, 0) is 33.6 Å². The van der Waals surface area contributed by atoms with Crippen LogP contribution in [0.25, 0.3) is 0 Å². The average Bonchev–Trinajstić information content (AvgIpc) is 2.59. The summed E-state index contributed by atoms with van der Waals surface area (Å²) >= 11 is 0. The minimum Gasteiger partial charge on any atom is -0.480 e. The third-order valence-electron chi connectivity index (χ3n) is 2.47. The van der Waals surface area contributed by atoms with Crippen LogP contribution in [-0.2, 0) is 9.53 Å². The van der Waals surface area contributed by atoms with Crippen LogP contribution < -0.4 is 5.32 Å². The first kappa shape index (κ1) is 13.8. The van der Waals surface area contributed by atoms with Crippen LogP contribution in [0.4, 0.5) is 4.79 Å². The van der Waals surface area contributed by atoms with Crippen LogP contribution in [0.5, 0.6) is 0 Å². The van der Waals surface area contributed by atoms with Crippen molar-refractivity contribution in [2.45, 2.75) is 45.3 Å². The van der Waals surface area contributed by atoms with Gasteiger partial charge >= 0.3 is 12.1 Å². The molecular weight excluding hydrogens is 224 g/mol. The lowest BCUT2D eigenvalue weighted by Crippen LogP contribution is -2.44. The molecule has 98 valence electrons. The molecule has 1 amide bonds. The topological polar surface area (TPSA) is 78.9 Å². The van der Waals surface area contributed by atoms with Gasteiger partial charge in [-0.15, -0.1) is 0 Å². The molecule has 1 heterocycles. The van der Waals surface area contributed by atoms with E-state index >= 15 is 0 Å². The summed E-state index contributed by atoms with van der Waals surface area (Å²) in [5.74, 6) is -0.839. The average molecular weight is 244 g/mol. The molecule has 0 aromatic carbocycles. The fourth-order valence-corrected chi connectivity index (χ4v) is 1.78. The molecule has 0 spiro atoms. The van der Waals surface area contributed by atoms with Gasteiger partial charge in [-0.2, -0.15) is 0 Å². The van der Waals surface area contributed by atoms with Gasteiger partial charge in [-0.1, -0.05) is 0 Å². The lowest BCUT2D eigenvalue weighted by atomic mass is 10.2. The van der Waals surface area contributed by atoms with Gasteiger partial charge in [0.15, 0.2) is 0 Å². The Hall–Kier alpha value is -1.30. The Morgan fingerprint density at radius 2 is 2.12 bits per heavy atom. The van der Waals surface area contributed by atoms with Crippen LogP contribution >= 0.6 is 0 Å². The first-order valence-electron chi connectivity index (χ1n) is 5.73. The summed E-state index contributed by atoms with van der Waals surface area (Å²) in [6.07, 6.45) is 0.951. The number of alkyl carbamates (subject to hydrolysis) is 1. The Kier molecular flexibility index (Phi) is 4.34. The fraction of sp³-hybridized carbons (Fsp3) is 0.818. The Labute approximate surface area is 101 Å². The second kappa shape index (κ2) is 5.35. The zero-order valence-electron chi connectivity index (χ0n) is 10.5. The smallest absolute Gasteiger partial charge is 0.408 e. The molecule has 1 saturated heterocycles. The summed E-state index contributed by atoms with van der Waals surface area (Å²) in [6, 6.07) is -0.495. The summed E-state index contributed by atoms with van der Waals surface area (Å²) < 4.78 is 5.07. The number of carbonyl (C=O) groups is 2. The van der Waals surface area contributed by atoms with Crippen LogP contribution in [0.2, 0.25) is 0 Å². The van der Waals surface area contributed by atoms with Crippen molar-refractivity contribution in [2.24, 2.45) is 0 Å². The highest BCUT2D eigenvalue weighted by Gasteiger charge is 2.30. The maximum absolute atomic E-state index is 11.4. The second-order valence-corrected chi connectivity index (χ2v) is 5.15. The number of carbonyl (C=O) groups excluding carboxylic acids is 1. The number of hydrogen-bond acceptors (Lipinski definition) is 4. The van der Waals surface area contributed by atoms with Crippen LogP contribution in [0.3, 0.4) is 0 Å². The fourth-order valence-electron chi connectivity index (χ4n) is 1.78. The molecule has 0 bridgehead atoms. The third-order valence-corrected chi connectivity index (χ3v) is 2.47. The summed E-state index contributed by atoms with van der Waals surface area (Å²) in [7, 11) is 0. The molecule has 0 aromatic heterocycles. The summed E-state index contributed by atoms with van der Waals surface area (Å²) in [5.41, 5.74) is -0.540. The number of ether oxygens (including phenoxy) is 1. The standard InChI is InChI=1S/C11H20N2O4/c1-11(2,3)17-10(16)12-7-13-6-4-5-8(13)9(14)15/h8H,4-7H2,1-3H3,(H,12,16)(H,14,15)/t8-/m0/s1. The molecule has 0 unspecified atom stereocenters. The molecule has 17 heavy (non-hydrogen) atoms.